The van der Waals surface area contributed by atoms with Crippen LogP contribution in [0.1, 0.15) is 36.4 Å². The van der Waals surface area contributed by atoms with E-state index in [-0.39, 0.29) is 0 Å². The lowest BCUT2D eigenvalue weighted by atomic mass is 10.00. The zero-order valence-electron chi connectivity index (χ0n) is 15.5. The molecule has 2 N–H and O–H groups in total. The molecule has 4 rings (SSSR count). The lowest BCUT2D eigenvalue weighted by Crippen LogP contribution is -2.39. The Balaban J connectivity index is 1.84. The van der Waals surface area contributed by atoms with E-state index in [1.807, 2.05) is 35.9 Å². The fraction of sp³-hybridized carbons (Fsp3) is 0.333. The second-order valence-corrected chi connectivity index (χ2v) is 7.78. The lowest BCUT2D eigenvalue weighted by Gasteiger charge is -2.33. The predicted molar refractivity (Wildman–Crippen MR) is 107 cm³/mol. The van der Waals surface area contributed by atoms with Crippen molar-refractivity contribution in [1.82, 2.24) is 14.5 Å². The number of imidazole rings is 1. The lowest BCUT2D eigenvalue weighted by molar-refractivity contribution is 0.0393. The van der Waals surface area contributed by atoms with Crippen molar-refractivity contribution in [2.45, 2.75) is 25.0 Å². The van der Waals surface area contributed by atoms with Gasteiger partial charge in [0.1, 0.15) is 18.0 Å². The number of benzene rings is 2. The molecule has 0 aliphatic heterocycles. The van der Waals surface area contributed by atoms with Crippen LogP contribution in [0.25, 0.3) is 11.0 Å². The number of fused-ring (bicyclic) bond motifs is 1. The molecule has 0 radical (unpaired) electrons. The Morgan fingerprint density at radius 3 is 2.68 bits per heavy atom. The van der Waals surface area contributed by atoms with E-state index < -0.39 is 18.2 Å². The average Bonchev–Trinajstić information content (AvgIpc) is 3.44. The molecule has 1 amide bonds. The maximum Gasteiger partial charge on any atom is 0.408 e. The number of hydrogen-bond donors (Lipinski definition) is 2. The van der Waals surface area contributed by atoms with Gasteiger partial charge in [-0.25, -0.2) is 9.78 Å². The smallest absolute Gasteiger partial charge is 0.408 e. The zero-order valence-corrected chi connectivity index (χ0v) is 16.3. The minimum absolute atomic E-state index is 0.333. The number of aryl methyl sites for hydroxylation is 1. The summed E-state index contributed by atoms with van der Waals surface area (Å²) in [6, 6.07) is 13.7. The number of amides is 1. The van der Waals surface area contributed by atoms with E-state index in [0.717, 1.165) is 23.9 Å². The van der Waals surface area contributed by atoms with Crippen LogP contribution >= 0.6 is 11.6 Å². The normalized spacial score (nSPS) is 16.1. The molecule has 1 fully saturated rings. The second kappa shape index (κ2) is 7.45. The summed E-state index contributed by atoms with van der Waals surface area (Å²) >= 11 is 6.11. The average molecular weight is 400 g/mol. The summed E-state index contributed by atoms with van der Waals surface area (Å²) < 4.78 is 1.86. The van der Waals surface area contributed by atoms with Gasteiger partial charge in [0.2, 0.25) is 0 Å². The minimum atomic E-state index is -1.09. The van der Waals surface area contributed by atoms with Crippen molar-refractivity contribution in [3.05, 3.63) is 64.9 Å². The maximum atomic E-state index is 12.2. The largest absolute Gasteiger partial charge is 0.465 e. The topological polar surface area (TPSA) is 78.6 Å². The molecule has 2 atom stereocenters. The summed E-state index contributed by atoms with van der Waals surface area (Å²) in [5.41, 5.74) is 2.21. The Kier molecular flexibility index (Phi) is 5.00. The van der Waals surface area contributed by atoms with Gasteiger partial charge in [-0.15, -0.1) is 0 Å². The van der Waals surface area contributed by atoms with E-state index in [2.05, 4.69) is 4.98 Å². The molecule has 7 heteroatoms. The van der Waals surface area contributed by atoms with Crippen LogP contribution in [0.2, 0.25) is 5.02 Å². The number of aromatic nitrogens is 2. The molecule has 1 aromatic heterocycles. The SMILES string of the molecule is Cn1c([C@@H]([C@@H](O)c2cccc(Cl)c2)N(CC2CC2)C(=O)O)nc2ccccc21. The van der Waals surface area contributed by atoms with Gasteiger partial charge < -0.3 is 14.8 Å². The fourth-order valence-electron chi connectivity index (χ4n) is 3.64. The number of halogens is 1. The number of carboxylic acid groups (broad SMARTS) is 1. The molecule has 0 unspecified atom stereocenters. The Hall–Kier alpha value is -2.57. The van der Waals surface area contributed by atoms with Crippen LogP contribution < -0.4 is 0 Å². The van der Waals surface area contributed by atoms with Crippen LogP contribution in [0.4, 0.5) is 4.79 Å². The second-order valence-electron chi connectivity index (χ2n) is 7.34. The number of nitrogens with zero attached hydrogens (tertiary/aromatic N) is 3. The molecule has 3 aromatic rings. The Morgan fingerprint density at radius 1 is 1.29 bits per heavy atom. The van der Waals surface area contributed by atoms with Gasteiger partial charge in [-0.1, -0.05) is 35.9 Å². The third kappa shape index (κ3) is 3.57. The van der Waals surface area contributed by atoms with Gasteiger partial charge in [-0.2, -0.15) is 0 Å². The van der Waals surface area contributed by atoms with E-state index >= 15 is 0 Å². The minimum Gasteiger partial charge on any atom is -0.465 e. The van der Waals surface area contributed by atoms with Gasteiger partial charge in [0.25, 0.3) is 0 Å². The molecule has 0 bridgehead atoms. The number of rotatable bonds is 6. The number of aliphatic hydroxyl groups is 1. The van der Waals surface area contributed by atoms with E-state index in [0.29, 0.717) is 28.9 Å². The van der Waals surface area contributed by atoms with Gasteiger partial charge in [0.15, 0.2) is 0 Å². The van der Waals surface area contributed by atoms with Crippen LogP contribution in [0.3, 0.4) is 0 Å². The fourth-order valence-corrected chi connectivity index (χ4v) is 3.84. The first kappa shape index (κ1) is 18.8. The number of hydrogen-bond acceptors (Lipinski definition) is 3. The quantitative estimate of drug-likeness (QED) is 0.644. The summed E-state index contributed by atoms with van der Waals surface area (Å²) in [6.07, 6.45) is -0.146. The molecular weight excluding hydrogens is 378 g/mol. The summed E-state index contributed by atoms with van der Waals surface area (Å²) in [7, 11) is 1.85. The highest BCUT2D eigenvalue weighted by Gasteiger charge is 2.38. The van der Waals surface area contributed by atoms with E-state index in [4.69, 9.17) is 11.6 Å². The van der Waals surface area contributed by atoms with Crippen molar-refractivity contribution in [1.29, 1.82) is 0 Å². The first-order valence-electron chi connectivity index (χ1n) is 9.30. The number of carbonyl (C=O) groups is 1. The molecule has 1 heterocycles. The van der Waals surface area contributed by atoms with E-state index in [1.54, 1.807) is 24.3 Å². The summed E-state index contributed by atoms with van der Waals surface area (Å²) in [5, 5.41) is 21.7. The highest BCUT2D eigenvalue weighted by Crippen LogP contribution is 2.39. The van der Waals surface area contributed by atoms with Gasteiger partial charge in [-0.3, -0.25) is 4.90 Å². The van der Waals surface area contributed by atoms with Crippen molar-refractivity contribution in [3.8, 4) is 0 Å². The monoisotopic (exact) mass is 399 g/mol. The van der Waals surface area contributed by atoms with Gasteiger partial charge in [-0.05, 0) is 48.6 Å². The standard InChI is InChI=1S/C21H22ClN3O3/c1-24-17-8-3-2-7-16(17)23-20(24)18(25(21(27)28)12-13-9-10-13)19(26)14-5-4-6-15(22)11-14/h2-8,11,13,18-19,26H,9-10,12H2,1H3,(H,27,28)/t18-,19+/m1/s1. The van der Waals surface area contributed by atoms with Crippen LogP contribution in [0.15, 0.2) is 48.5 Å². The molecule has 1 aliphatic rings. The zero-order chi connectivity index (χ0) is 19.8. The molecule has 146 valence electrons. The highest BCUT2D eigenvalue weighted by molar-refractivity contribution is 6.30. The third-order valence-corrected chi connectivity index (χ3v) is 5.54. The van der Waals surface area contributed by atoms with Crippen LogP contribution in [-0.2, 0) is 7.05 Å². The van der Waals surface area contributed by atoms with E-state index in [1.165, 1.54) is 4.90 Å². The molecule has 2 aromatic carbocycles. The summed E-state index contributed by atoms with van der Waals surface area (Å²) in [6.45, 7) is 0.376. The van der Waals surface area contributed by atoms with Crippen molar-refractivity contribution >= 4 is 28.7 Å². The Morgan fingerprint density at radius 2 is 2.04 bits per heavy atom. The predicted octanol–water partition coefficient (Wildman–Crippen LogP) is 4.39. The van der Waals surface area contributed by atoms with Gasteiger partial charge in [0, 0.05) is 18.6 Å². The summed E-state index contributed by atoms with van der Waals surface area (Å²) in [4.78, 5) is 18.2. The van der Waals surface area contributed by atoms with Gasteiger partial charge >= 0.3 is 6.09 Å². The van der Waals surface area contributed by atoms with Crippen molar-refractivity contribution in [2.24, 2.45) is 13.0 Å². The van der Waals surface area contributed by atoms with Crippen molar-refractivity contribution in [2.75, 3.05) is 6.54 Å². The molecule has 6 nitrogen and oxygen atoms in total. The molecule has 0 saturated heterocycles. The van der Waals surface area contributed by atoms with Crippen molar-refractivity contribution < 1.29 is 15.0 Å². The van der Waals surface area contributed by atoms with Crippen molar-refractivity contribution in [3.63, 3.8) is 0 Å². The Labute approximate surface area is 168 Å². The number of para-hydroxylation sites is 2. The van der Waals surface area contributed by atoms with Crippen LogP contribution in [0.5, 0.6) is 0 Å². The van der Waals surface area contributed by atoms with Gasteiger partial charge in [0.05, 0.1) is 11.0 Å². The van der Waals surface area contributed by atoms with E-state index in [9.17, 15) is 15.0 Å². The highest BCUT2D eigenvalue weighted by atomic mass is 35.5. The first-order valence-corrected chi connectivity index (χ1v) is 9.68. The molecule has 1 saturated carbocycles. The molecule has 1 aliphatic carbocycles. The summed E-state index contributed by atoms with van der Waals surface area (Å²) in [5.74, 6) is 0.844. The maximum absolute atomic E-state index is 12.2. The molecular formula is C21H22ClN3O3. The third-order valence-electron chi connectivity index (χ3n) is 5.31. The Bertz CT molecular complexity index is 1020. The number of aliphatic hydroxyl groups excluding tert-OH is 1. The first-order chi connectivity index (χ1) is 13.5. The molecule has 0 spiro atoms. The molecule has 28 heavy (non-hydrogen) atoms. The van der Waals surface area contributed by atoms with Crippen LogP contribution in [0, 0.1) is 5.92 Å². The van der Waals surface area contributed by atoms with Crippen LogP contribution in [-0.4, -0.2) is 37.3 Å².